The third-order valence-electron chi connectivity index (χ3n) is 0.658. The normalized spacial score (nSPS) is 7.00. The second kappa shape index (κ2) is 12.3. The van der Waals surface area contributed by atoms with E-state index in [1.54, 1.807) is 17.5 Å². The Kier molecular flexibility index (Phi) is 14.7. The van der Waals surface area contributed by atoms with E-state index in [1.807, 2.05) is 33.1 Å². The third kappa shape index (κ3) is 7.49. The lowest BCUT2D eigenvalue weighted by Gasteiger charge is -1.78. The van der Waals surface area contributed by atoms with Gasteiger partial charge in [-0.1, -0.05) is 27.7 Å². The molecule has 0 saturated heterocycles. The molecule has 1 rings (SSSR count). The Balaban J connectivity index is 0. The molecule has 0 aromatic carbocycles. The first-order valence-corrected chi connectivity index (χ1v) is 4.90. The lowest BCUT2D eigenvalue weighted by atomic mass is 10.7. The molecule has 66 valence electrons. The van der Waals surface area contributed by atoms with Crippen molar-refractivity contribution in [2.24, 2.45) is 5.73 Å². The van der Waals surface area contributed by atoms with Crippen molar-refractivity contribution in [2.45, 2.75) is 34.2 Å². The molecule has 0 spiro atoms. The Morgan fingerprint density at radius 1 is 1.36 bits per heavy atom. The Labute approximate surface area is 73.5 Å². The van der Waals surface area contributed by atoms with Gasteiger partial charge in [0.25, 0.3) is 0 Å². The molecule has 0 aliphatic rings. The van der Waals surface area contributed by atoms with Gasteiger partial charge in [0.15, 0.2) is 0 Å². The van der Waals surface area contributed by atoms with Crippen LogP contribution in [0.3, 0.4) is 0 Å². The van der Waals surface area contributed by atoms with Crippen molar-refractivity contribution in [2.75, 3.05) is 0 Å². The van der Waals surface area contributed by atoms with E-state index >= 15 is 0 Å². The summed E-state index contributed by atoms with van der Waals surface area (Å²) in [6, 6.07) is 0. The van der Waals surface area contributed by atoms with Crippen LogP contribution in [0.25, 0.3) is 0 Å². The highest BCUT2D eigenvalue weighted by atomic mass is 32.1. The predicted molar refractivity (Wildman–Crippen MR) is 52.7 cm³/mol. The first-order valence-electron chi connectivity index (χ1n) is 4.02. The van der Waals surface area contributed by atoms with E-state index in [0.717, 1.165) is 5.01 Å². The van der Waals surface area contributed by atoms with E-state index in [2.05, 4.69) is 4.98 Å². The Morgan fingerprint density at radius 3 is 2.09 bits per heavy atom. The minimum atomic E-state index is 0.567. The van der Waals surface area contributed by atoms with Crippen molar-refractivity contribution >= 4 is 11.3 Å². The monoisotopic (exact) mass is 174 g/mol. The molecule has 1 aromatic heterocycles. The zero-order valence-electron chi connectivity index (χ0n) is 7.79. The molecule has 1 aromatic rings. The summed E-state index contributed by atoms with van der Waals surface area (Å²) in [4.78, 5) is 3.93. The summed E-state index contributed by atoms with van der Waals surface area (Å²) in [6.45, 7) is 8.57. The van der Waals surface area contributed by atoms with Crippen molar-refractivity contribution < 1.29 is 0 Å². The van der Waals surface area contributed by atoms with Crippen molar-refractivity contribution in [1.82, 2.24) is 4.98 Å². The molecule has 0 aliphatic heterocycles. The first-order chi connectivity index (χ1) is 5.43. The van der Waals surface area contributed by atoms with Gasteiger partial charge in [-0.2, -0.15) is 0 Å². The smallest absolute Gasteiger partial charge is 0.106 e. The predicted octanol–water partition coefficient (Wildman–Crippen LogP) is 2.65. The number of hydrogen-bond acceptors (Lipinski definition) is 3. The number of nitrogens with two attached hydrogens (primary N) is 1. The number of thiazole rings is 1. The molecular formula is C8H18N2S. The summed E-state index contributed by atoms with van der Waals surface area (Å²) in [5.41, 5.74) is 5.24. The summed E-state index contributed by atoms with van der Waals surface area (Å²) >= 11 is 1.59. The molecule has 2 nitrogen and oxygen atoms in total. The van der Waals surface area contributed by atoms with Gasteiger partial charge < -0.3 is 5.73 Å². The van der Waals surface area contributed by atoms with E-state index in [4.69, 9.17) is 5.73 Å². The van der Waals surface area contributed by atoms with Crippen LogP contribution in [0.5, 0.6) is 0 Å². The molecule has 2 N–H and O–H groups in total. The fourth-order valence-electron chi connectivity index (χ4n) is 0.354. The second-order valence-corrected chi connectivity index (χ2v) is 2.11. The van der Waals surface area contributed by atoms with E-state index in [-0.39, 0.29) is 0 Å². The average molecular weight is 174 g/mol. The fourth-order valence-corrected chi connectivity index (χ4v) is 0.851. The maximum atomic E-state index is 5.24. The van der Waals surface area contributed by atoms with Gasteiger partial charge >= 0.3 is 0 Å². The molecule has 0 radical (unpaired) electrons. The highest BCUT2D eigenvalue weighted by molar-refractivity contribution is 7.09. The Hall–Kier alpha value is -0.410. The molecule has 0 unspecified atom stereocenters. The first kappa shape index (κ1) is 13.2. The van der Waals surface area contributed by atoms with Crippen LogP contribution in [0.15, 0.2) is 11.6 Å². The van der Waals surface area contributed by atoms with Crippen molar-refractivity contribution in [3.63, 3.8) is 0 Å². The van der Waals surface area contributed by atoms with Gasteiger partial charge in [-0.15, -0.1) is 11.3 Å². The molecule has 0 amide bonds. The number of hydrogen-bond donors (Lipinski definition) is 1. The summed E-state index contributed by atoms with van der Waals surface area (Å²) in [6.07, 6.45) is 1.76. The van der Waals surface area contributed by atoms with Gasteiger partial charge in [0.05, 0.1) is 0 Å². The molecule has 0 fully saturated rings. The SMILES string of the molecule is CC.CC.NCc1nccs1. The minimum absolute atomic E-state index is 0.567. The van der Waals surface area contributed by atoms with E-state index in [1.165, 1.54) is 0 Å². The molecule has 0 aliphatic carbocycles. The van der Waals surface area contributed by atoms with Crippen LogP contribution in [-0.4, -0.2) is 4.98 Å². The van der Waals surface area contributed by atoms with Gasteiger partial charge in [-0.3, -0.25) is 0 Å². The maximum Gasteiger partial charge on any atom is 0.106 e. The van der Waals surface area contributed by atoms with Crippen LogP contribution in [0.1, 0.15) is 32.7 Å². The van der Waals surface area contributed by atoms with E-state index in [0.29, 0.717) is 6.54 Å². The Bertz CT molecular complexity index is 127. The van der Waals surface area contributed by atoms with Crippen molar-refractivity contribution in [3.8, 4) is 0 Å². The molecule has 0 saturated carbocycles. The standard InChI is InChI=1S/C4H6N2S.2C2H6/c5-3-4-6-1-2-7-4;2*1-2/h1-2H,3,5H2;2*1-2H3. The van der Waals surface area contributed by atoms with Crippen LogP contribution < -0.4 is 5.73 Å². The summed E-state index contributed by atoms with van der Waals surface area (Å²) in [5.74, 6) is 0. The van der Waals surface area contributed by atoms with Gasteiger partial charge in [0.1, 0.15) is 5.01 Å². The van der Waals surface area contributed by atoms with E-state index < -0.39 is 0 Å². The molecule has 3 heteroatoms. The third-order valence-corrected chi connectivity index (χ3v) is 1.46. The largest absolute Gasteiger partial charge is 0.325 e. The highest BCUT2D eigenvalue weighted by Gasteiger charge is 1.84. The fraction of sp³-hybridized carbons (Fsp3) is 0.625. The van der Waals surface area contributed by atoms with E-state index in [9.17, 15) is 0 Å². The Morgan fingerprint density at radius 2 is 1.91 bits per heavy atom. The lowest BCUT2D eigenvalue weighted by Crippen LogP contribution is -1.93. The molecule has 0 atom stereocenters. The van der Waals surface area contributed by atoms with Crippen LogP contribution in [0.4, 0.5) is 0 Å². The van der Waals surface area contributed by atoms with Gasteiger partial charge in [-0.25, -0.2) is 4.98 Å². The zero-order valence-corrected chi connectivity index (χ0v) is 8.61. The lowest BCUT2D eigenvalue weighted by molar-refractivity contribution is 1.04. The summed E-state index contributed by atoms with van der Waals surface area (Å²) < 4.78 is 0. The maximum absolute atomic E-state index is 5.24. The van der Waals surface area contributed by atoms with Crippen LogP contribution in [0, 0.1) is 0 Å². The van der Waals surface area contributed by atoms with Crippen LogP contribution in [0.2, 0.25) is 0 Å². The molecule has 1 heterocycles. The van der Waals surface area contributed by atoms with Crippen LogP contribution >= 0.6 is 11.3 Å². The van der Waals surface area contributed by atoms with Gasteiger partial charge in [0.2, 0.25) is 0 Å². The second-order valence-electron chi connectivity index (χ2n) is 1.13. The average Bonchev–Trinajstić information content (AvgIpc) is 2.63. The van der Waals surface area contributed by atoms with Crippen molar-refractivity contribution in [1.29, 1.82) is 0 Å². The summed E-state index contributed by atoms with van der Waals surface area (Å²) in [5, 5.41) is 2.92. The number of aromatic nitrogens is 1. The van der Waals surface area contributed by atoms with Crippen LogP contribution in [-0.2, 0) is 6.54 Å². The number of nitrogens with zero attached hydrogens (tertiary/aromatic N) is 1. The van der Waals surface area contributed by atoms with Gasteiger partial charge in [0, 0.05) is 18.1 Å². The molecule has 11 heavy (non-hydrogen) atoms. The number of rotatable bonds is 1. The van der Waals surface area contributed by atoms with Crippen molar-refractivity contribution in [3.05, 3.63) is 16.6 Å². The highest BCUT2D eigenvalue weighted by Crippen LogP contribution is 2.00. The topological polar surface area (TPSA) is 38.9 Å². The van der Waals surface area contributed by atoms with Gasteiger partial charge in [-0.05, 0) is 0 Å². The summed E-state index contributed by atoms with van der Waals surface area (Å²) in [7, 11) is 0. The zero-order chi connectivity index (χ0) is 9.11. The molecular weight excluding hydrogens is 156 g/mol. The minimum Gasteiger partial charge on any atom is -0.325 e. The molecule has 0 bridgehead atoms. The quantitative estimate of drug-likeness (QED) is 0.711.